The maximum atomic E-state index is 11.7. The molecule has 1 atom stereocenters. The summed E-state index contributed by atoms with van der Waals surface area (Å²) in [6.45, 7) is 5.17. The summed E-state index contributed by atoms with van der Waals surface area (Å²) in [6, 6.07) is -1.17. The molecule has 3 N–H and O–H groups in total. The van der Waals surface area contributed by atoms with Crippen LogP contribution < -0.4 is 5.32 Å². The molecule has 0 saturated heterocycles. The zero-order valence-corrected chi connectivity index (χ0v) is 12.2. The molecule has 1 aromatic heterocycles. The number of nitrogens with zero attached hydrogens (tertiary/aromatic N) is 1. The Kier molecular flexibility index (Phi) is 5.45. The average Bonchev–Trinajstić information content (AvgIpc) is 2.85. The minimum atomic E-state index is -1.21. The molecule has 8 nitrogen and oxygen atoms in total. The molecule has 1 aromatic rings. The summed E-state index contributed by atoms with van der Waals surface area (Å²) in [5.74, 6) is -2.29. The van der Waals surface area contributed by atoms with Gasteiger partial charge in [-0.25, -0.2) is 4.79 Å². The topological polar surface area (TPSA) is 121 Å². The van der Waals surface area contributed by atoms with E-state index in [0.29, 0.717) is 0 Å². The van der Waals surface area contributed by atoms with Gasteiger partial charge in [-0.15, -0.1) is 0 Å². The van der Waals surface area contributed by atoms with Crippen molar-refractivity contribution in [3.63, 3.8) is 0 Å². The Morgan fingerprint density at radius 2 is 2.10 bits per heavy atom. The lowest BCUT2D eigenvalue weighted by atomic mass is 10.1. The average molecular weight is 297 g/mol. The van der Waals surface area contributed by atoms with Crippen molar-refractivity contribution < 1.29 is 24.2 Å². The van der Waals surface area contributed by atoms with Gasteiger partial charge in [0.2, 0.25) is 0 Å². The Bertz CT molecular complexity index is 504. The number of carbonyl (C=O) groups excluding carboxylic acids is 2. The van der Waals surface area contributed by atoms with E-state index in [9.17, 15) is 14.4 Å². The summed E-state index contributed by atoms with van der Waals surface area (Å²) in [6.07, 6.45) is 2.48. The zero-order valence-electron chi connectivity index (χ0n) is 12.2. The molecule has 0 aromatic carbocycles. The van der Waals surface area contributed by atoms with Gasteiger partial charge >= 0.3 is 11.9 Å². The highest BCUT2D eigenvalue weighted by Crippen LogP contribution is 2.10. The van der Waals surface area contributed by atoms with Crippen molar-refractivity contribution in [1.29, 1.82) is 0 Å². The van der Waals surface area contributed by atoms with Crippen molar-refractivity contribution >= 4 is 17.8 Å². The van der Waals surface area contributed by atoms with E-state index in [2.05, 4.69) is 15.5 Å². The lowest BCUT2D eigenvalue weighted by Gasteiger charge is -2.20. The van der Waals surface area contributed by atoms with Gasteiger partial charge in [0.1, 0.15) is 11.6 Å². The Morgan fingerprint density at radius 1 is 1.43 bits per heavy atom. The molecule has 1 heterocycles. The van der Waals surface area contributed by atoms with Crippen LogP contribution in [0.25, 0.3) is 0 Å². The smallest absolute Gasteiger partial charge is 0.326 e. The van der Waals surface area contributed by atoms with Crippen LogP contribution in [0.4, 0.5) is 0 Å². The first kappa shape index (κ1) is 16.7. The number of ether oxygens (including phenoxy) is 1. The van der Waals surface area contributed by atoms with Crippen LogP contribution in [0.2, 0.25) is 0 Å². The predicted octanol–water partition coefficient (Wildman–Crippen LogP) is 0.715. The molecule has 0 radical (unpaired) electrons. The van der Waals surface area contributed by atoms with Gasteiger partial charge in [-0.1, -0.05) is 0 Å². The predicted molar refractivity (Wildman–Crippen MR) is 72.6 cm³/mol. The van der Waals surface area contributed by atoms with Gasteiger partial charge in [0, 0.05) is 12.6 Å². The fourth-order valence-corrected chi connectivity index (χ4v) is 1.53. The number of nitrogens with one attached hydrogen (secondary N) is 2. The summed E-state index contributed by atoms with van der Waals surface area (Å²) >= 11 is 0. The highest BCUT2D eigenvalue weighted by atomic mass is 16.6. The van der Waals surface area contributed by atoms with Crippen molar-refractivity contribution in [3.05, 3.63) is 18.0 Å². The van der Waals surface area contributed by atoms with E-state index in [0.717, 1.165) is 0 Å². The third-order valence-corrected chi connectivity index (χ3v) is 2.42. The number of aliphatic carboxylic acids is 1. The van der Waals surface area contributed by atoms with Crippen molar-refractivity contribution in [1.82, 2.24) is 15.5 Å². The quantitative estimate of drug-likeness (QED) is 0.665. The number of H-pyrrole nitrogens is 1. The number of hydrogen-bond acceptors (Lipinski definition) is 5. The number of aromatic nitrogens is 2. The molecule has 1 amide bonds. The maximum absolute atomic E-state index is 11.7. The molecule has 21 heavy (non-hydrogen) atoms. The highest BCUT2D eigenvalue weighted by Gasteiger charge is 2.24. The Balaban J connectivity index is 2.53. The van der Waals surface area contributed by atoms with E-state index in [4.69, 9.17) is 9.84 Å². The van der Waals surface area contributed by atoms with Crippen molar-refractivity contribution in [2.75, 3.05) is 0 Å². The van der Waals surface area contributed by atoms with Crippen molar-refractivity contribution in [3.8, 4) is 0 Å². The van der Waals surface area contributed by atoms with E-state index in [1.165, 1.54) is 12.4 Å². The monoisotopic (exact) mass is 297 g/mol. The second kappa shape index (κ2) is 6.87. The minimum Gasteiger partial charge on any atom is -0.480 e. The Hall–Kier alpha value is -2.38. The largest absolute Gasteiger partial charge is 0.480 e. The number of amides is 1. The fraction of sp³-hybridized carbons (Fsp3) is 0.538. The van der Waals surface area contributed by atoms with Crippen LogP contribution in [-0.4, -0.2) is 44.8 Å². The first-order chi connectivity index (χ1) is 9.69. The normalized spacial score (nSPS) is 12.5. The molecule has 0 aliphatic rings. The van der Waals surface area contributed by atoms with Crippen LogP contribution in [0, 0.1) is 0 Å². The fourth-order valence-electron chi connectivity index (χ4n) is 1.53. The molecular formula is C13H19N3O5. The standard InChI is InChI=1S/C13H19N3O5/c1-13(2,3)21-10(17)5-4-9(12(19)20)16-11(18)8-6-14-15-7-8/h6-7,9H,4-5H2,1-3H3,(H,14,15)(H,16,18)(H,19,20)/t9-/m1/s1. The third-order valence-electron chi connectivity index (χ3n) is 2.42. The number of carboxylic acid groups (broad SMARTS) is 1. The van der Waals surface area contributed by atoms with Gasteiger partial charge in [0.25, 0.3) is 5.91 Å². The van der Waals surface area contributed by atoms with Crippen LogP contribution in [-0.2, 0) is 14.3 Å². The number of aromatic amines is 1. The van der Waals surface area contributed by atoms with Crippen molar-refractivity contribution in [2.24, 2.45) is 0 Å². The van der Waals surface area contributed by atoms with E-state index in [1.807, 2.05) is 0 Å². The van der Waals surface area contributed by atoms with E-state index >= 15 is 0 Å². The summed E-state index contributed by atoms with van der Waals surface area (Å²) in [4.78, 5) is 34.4. The minimum absolute atomic E-state index is 0.0478. The molecule has 8 heteroatoms. The number of esters is 1. The molecular weight excluding hydrogens is 278 g/mol. The lowest BCUT2D eigenvalue weighted by Crippen LogP contribution is -2.41. The van der Waals surface area contributed by atoms with Crippen LogP contribution >= 0.6 is 0 Å². The lowest BCUT2D eigenvalue weighted by molar-refractivity contribution is -0.155. The first-order valence-electron chi connectivity index (χ1n) is 6.43. The molecule has 0 spiro atoms. The van der Waals surface area contributed by atoms with Gasteiger partial charge in [0.05, 0.1) is 11.8 Å². The van der Waals surface area contributed by atoms with Gasteiger partial charge in [-0.2, -0.15) is 5.10 Å². The number of carbonyl (C=O) groups is 3. The molecule has 0 fully saturated rings. The zero-order chi connectivity index (χ0) is 16.0. The van der Waals surface area contributed by atoms with Crippen LogP contribution in [0.1, 0.15) is 44.0 Å². The molecule has 1 rings (SSSR count). The van der Waals surface area contributed by atoms with Gasteiger partial charge in [0.15, 0.2) is 0 Å². The number of hydrogen-bond donors (Lipinski definition) is 3. The second-order valence-electron chi connectivity index (χ2n) is 5.48. The summed E-state index contributed by atoms with van der Waals surface area (Å²) in [7, 11) is 0. The van der Waals surface area contributed by atoms with Gasteiger partial charge < -0.3 is 15.2 Å². The maximum Gasteiger partial charge on any atom is 0.326 e. The highest BCUT2D eigenvalue weighted by molar-refractivity contribution is 5.96. The third kappa shape index (κ3) is 6.07. The summed E-state index contributed by atoms with van der Waals surface area (Å²) in [5.41, 5.74) is -0.408. The van der Waals surface area contributed by atoms with E-state index in [1.54, 1.807) is 20.8 Å². The number of carboxylic acids is 1. The Morgan fingerprint density at radius 3 is 2.57 bits per heavy atom. The van der Waals surface area contributed by atoms with Crippen LogP contribution in [0.5, 0.6) is 0 Å². The first-order valence-corrected chi connectivity index (χ1v) is 6.43. The summed E-state index contributed by atoms with van der Waals surface area (Å²) < 4.78 is 5.09. The molecule has 0 saturated carbocycles. The van der Waals surface area contributed by atoms with Crippen LogP contribution in [0.3, 0.4) is 0 Å². The van der Waals surface area contributed by atoms with E-state index < -0.39 is 29.5 Å². The Labute approximate surface area is 121 Å². The molecule has 0 unspecified atom stereocenters. The van der Waals surface area contributed by atoms with E-state index in [-0.39, 0.29) is 18.4 Å². The molecule has 0 aliphatic heterocycles. The molecule has 116 valence electrons. The van der Waals surface area contributed by atoms with Crippen molar-refractivity contribution in [2.45, 2.75) is 45.3 Å². The van der Waals surface area contributed by atoms with Gasteiger partial charge in [-0.05, 0) is 27.2 Å². The SMILES string of the molecule is CC(C)(C)OC(=O)CC[C@@H](NC(=O)c1cn[nH]c1)C(=O)O. The summed E-state index contributed by atoms with van der Waals surface area (Å²) in [5, 5.41) is 17.5. The van der Waals surface area contributed by atoms with Crippen LogP contribution in [0.15, 0.2) is 12.4 Å². The molecule has 0 aliphatic carbocycles. The molecule has 0 bridgehead atoms. The number of rotatable bonds is 6. The second-order valence-corrected chi connectivity index (χ2v) is 5.48. The van der Waals surface area contributed by atoms with Gasteiger partial charge in [-0.3, -0.25) is 14.7 Å².